The molecule has 0 saturated carbocycles. The smallest absolute Gasteiger partial charge is 0.338 e. The van der Waals surface area contributed by atoms with Crippen LogP contribution in [0.1, 0.15) is 66.6 Å². The van der Waals surface area contributed by atoms with Crippen LogP contribution < -0.4 is 24.4 Å². The largest absolute Gasteiger partial charge is 0.493 e. The van der Waals surface area contributed by atoms with E-state index in [1.807, 2.05) is 45.0 Å². The van der Waals surface area contributed by atoms with Crippen molar-refractivity contribution >= 4 is 45.3 Å². The number of allylic oxidation sites excluding steroid dienone is 1. The molecule has 1 atom stereocenters. The molecule has 1 aliphatic rings. The highest BCUT2D eigenvalue weighted by Gasteiger charge is 2.35. The van der Waals surface area contributed by atoms with Gasteiger partial charge in [0.1, 0.15) is 0 Å². The lowest BCUT2D eigenvalue weighted by atomic mass is 9.95. The fourth-order valence-corrected chi connectivity index (χ4v) is 7.28. The van der Waals surface area contributed by atoms with Crippen LogP contribution in [0.5, 0.6) is 11.5 Å². The van der Waals surface area contributed by atoms with Crippen LogP contribution in [0, 0.1) is 13.8 Å². The van der Waals surface area contributed by atoms with Gasteiger partial charge in [0, 0.05) is 21.5 Å². The predicted molar refractivity (Wildman–Crippen MR) is 183 cm³/mol. The molecule has 0 amide bonds. The molecule has 2 aromatic heterocycles. The molecule has 4 aromatic rings. The summed E-state index contributed by atoms with van der Waals surface area (Å²) in [7, 11) is 1.54. The number of halogens is 1. The Labute approximate surface area is 284 Å². The van der Waals surface area contributed by atoms with E-state index in [4.69, 9.17) is 23.9 Å². The lowest BCUT2D eigenvalue weighted by Crippen LogP contribution is -2.40. The minimum Gasteiger partial charge on any atom is -0.493 e. The van der Waals surface area contributed by atoms with Gasteiger partial charge < -0.3 is 23.5 Å². The second kappa shape index (κ2) is 14.1. The number of nitrogens with zero attached hydrogens (tertiary/aromatic N) is 3. The molecule has 0 bridgehead atoms. The van der Waals surface area contributed by atoms with E-state index in [9.17, 15) is 14.4 Å². The first kappa shape index (κ1) is 33.9. The van der Waals surface area contributed by atoms with Gasteiger partial charge in [-0.3, -0.25) is 9.36 Å². The maximum atomic E-state index is 14.3. The van der Waals surface area contributed by atoms with Gasteiger partial charge in [-0.2, -0.15) is 0 Å². The molecule has 0 aliphatic carbocycles. The summed E-state index contributed by atoms with van der Waals surface area (Å²) < 4.78 is 26.7. The second-order valence-electron chi connectivity index (χ2n) is 10.7. The molecule has 246 valence electrons. The third-order valence-corrected chi connectivity index (χ3v) is 9.46. The standard InChI is InChI=1S/C35H36BrN3O7S/c1-8-44-28-18-26(36)25(17-27(28)43-7)31-30(34(42)46-10-3)20(5)37-35-39(31)32(40)29(47-35)16-23-15-19(4)38(21(23)6)24-13-11-22(12-14-24)33(41)45-9-2/h11-18,31H,8-10H2,1-7H3/b29-16+/t31-/m0/s1. The Hall–Kier alpha value is -4.42. The van der Waals surface area contributed by atoms with Crippen LogP contribution in [0.15, 0.2) is 68.0 Å². The molecule has 2 aromatic carbocycles. The Kier molecular flexibility index (Phi) is 10.2. The van der Waals surface area contributed by atoms with Crippen LogP contribution >= 0.6 is 27.3 Å². The molecule has 5 rings (SSSR count). The molecule has 10 nitrogen and oxygen atoms in total. The van der Waals surface area contributed by atoms with Crippen LogP contribution in [0.3, 0.4) is 0 Å². The van der Waals surface area contributed by atoms with Gasteiger partial charge in [-0.25, -0.2) is 14.6 Å². The molecule has 3 heterocycles. The highest BCUT2D eigenvalue weighted by Crippen LogP contribution is 2.41. The number of fused-ring (bicyclic) bond motifs is 1. The summed E-state index contributed by atoms with van der Waals surface area (Å²) in [6.45, 7) is 12.0. The highest BCUT2D eigenvalue weighted by molar-refractivity contribution is 9.10. The Balaban J connectivity index is 1.66. The average molecular weight is 723 g/mol. The van der Waals surface area contributed by atoms with Gasteiger partial charge in [-0.05, 0) is 101 Å². The van der Waals surface area contributed by atoms with Crippen molar-refractivity contribution in [3.63, 3.8) is 0 Å². The highest BCUT2D eigenvalue weighted by atomic mass is 79.9. The Morgan fingerprint density at radius 1 is 0.957 bits per heavy atom. The number of thiazole rings is 1. The minimum atomic E-state index is -0.836. The monoisotopic (exact) mass is 721 g/mol. The molecular weight excluding hydrogens is 686 g/mol. The van der Waals surface area contributed by atoms with Crippen LogP contribution in [-0.4, -0.2) is 48.0 Å². The molecule has 0 fully saturated rings. The van der Waals surface area contributed by atoms with Crippen molar-refractivity contribution < 1.29 is 28.5 Å². The average Bonchev–Trinajstić information content (AvgIpc) is 3.50. The fraction of sp³-hybridized carbons (Fsp3) is 0.314. The van der Waals surface area contributed by atoms with Gasteiger partial charge >= 0.3 is 11.9 Å². The summed E-state index contributed by atoms with van der Waals surface area (Å²) in [6.07, 6.45) is 1.85. The molecule has 1 aliphatic heterocycles. The van der Waals surface area contributed by atoms with Crippen LogP contribution in [-0.2, 0) is 14.3 Å². The summed E-state index contributed by atoms with van der Waals surface area (Å²) in [4.78, 5) is 45.0. The molecule has 12 heteroatoms. The zero-order valence-corrected chi connectivity index (χ0v) is 29.7. The zero-order valence-electron chi connectivity index (χ0n) is 27.3. The van der Waals surface area contributed by atoms with E-state index in [1.165, 1.54) is 11.3 Å². The van der Waals surface area contributed by atoms with Gasteiger partial charge in [0.2, 0.25) is 0 Å². The first-order valence-electron chi connectivity index (χ1n) is 15.2. The van der Waals surface area contributed by atoms with E-state index < -0.39 is 12.0 Å². The maximum absolute atomic E-state index is 14.3. The molecule has 0 N–H and O–H groups in total. The quantitative estimate of drug-likeness (QED) is 0.198. The van der Waals surface area contributed by atoms with Crippen molar-refractivity contribution in [1.82, 2.24) is 9.13 Å². The Bertz CT molecular complexity index is 2070. The Morgan fingerprint density at radius 3 is 2.28 bits per heavy atom. The fourth-order valence-electron chi connectivity index (χ4n) is 5.71. The lowest BCUT2D eigenvalue weighted by molar-refractivity contribution is -0.139. The number of ether oxygens (including phenoxy) is 4. The minimum absolute atomic E-state index is 0.168. The summed E-state index contributed by atoms with van der Waals surface area (Å²) in [6, 6.07) is 11.9. The van der Waals surface area contributed by atoms with Gasteiger partial charge in [0.15, 0.2) is 16.3 Å². The van der Waals surface area contributed by atoms with Crippen LogP contribution in [0.25, 0.3) is 11.8 Å². The van der Waals surface area contributed by atoms with E-state index in [0.29, 0.717) is 55.3 Å². The number of esters is 2. The molecule has 0 saturated heterocycles. The lowest BCUT2D eigenvalue weighted by Gasteiger charge is -2.26. The van der Waals surface area contributed by atoms with E-state index in [-0.39, 0.29) is 23.7 Å². The normalized spacial score (nSPS) is 14.5. The topological polar surface area (TPSA) is 110 Å². The van der Waals surface area contributed by atoms with Crippen molar-refractivity contribution in [3.05, 3.63) is 106 Å². The molecule has 0 spiro atoms. The first-order chi connectivity index (χ1) is 22.5. The molecular formula is C35H36BrN3O7S. The number of benzene rings is 2. The van der Waals surface area contributed by atoms with Crippen LogP contribution in [0.2, 0.25) is 0 Å². The third kappa shape index (κ3) is 6.44. The zero-order chi connectivity index (χ0) is 34.0. The van der Waals surface area contributed by atoms with E-state index in [0.717, 1.165) is 22.6 Å². The molecule has 0 unspecified atom stereocenters. The van der Waals surface area contributed by atoms with Crippen molar-refractivity contribution in [2.45, 2.75) is 47.6 Å². The SMILES string of the molecule is CCOC(=O)C1=C(C)N=c2s/c(=C/c3cc(C)n(-c4ccc(C(=O)OCC)cc4)c3C)c(=O)n2[C@H]1c1cc(OC)c(OCC)cc1Br. The number of hydrogen-bond donors (Lipinski definition) is 0. The van der Waals surface area contributed by atoms with Gasteiger partial charge in [-0.1, -0.05) is 27.3 Å². The number of hydrogen-bond acceptors (Lipinski definition) is 9. The maximum Gasteiger partial charge on any atom is 0.338 e. The van der Waals surface area contributed by atoms with Gasteiger partial charge in [0.25, 0.3) is 5.56 Å². The summed E-state index contributed by atoms with van der Waals surface area (Å²) in [5.41, 5.74) is 5.12. The Morgan fingerprint density at radius 2 is 1.64 bits per heavy atom. The van der Waals surface area contributed by atoms with Crippen molar-refractivity contribution in [2.75, 3.05) is 26.9 Å². The van der Waals surface area contributed by atoms with E-state index in [2.05, 4.69) is 20.5 Å². The first-order valence-corrected chi connectivity index (χ1v) is 16.8. The van der Waals surface area contributed by atoms with Crippen molar-refractivity contribution in [1.29, 1.82) is 0 Å². The van der Waals surface area contributed by atoms with Crippen LogP contribution in [0.4, 0.5) is 0 Å². The molecule has 47 heavy (non-hydrogen) atoms. The predicted octanol–water partition coefficient (Wildman–Crippen LogP) is 5.55. The van der Waals surface area contributed by atoms with Crippen molar-refractivity contribution in [2.24, 2.45) is 4.99 Å². The number of carbonyl (C=O) groups is 2. The third-order valence-electron chi connectivity index (χ3n) is 7.79. The summed E-state index contributed by atoms with van der Waals surface area (Å²) >= 11 is 4.91. The summed E-state index contributed by atoms with van der Waals surface area (Å²) in [5.74, 6) is 0.0757. The van der Waals surface area contributed by atoms with Gasteiger partial charge in [-0.15, -0.1) is 0 Å². The number of aryl methyl sites for hydroxylation is 1. The summed E-state index contributed by atoms with van der Waals surface area (Å²) in [5, 5.41) is 0. The molecule has 0 radical (unpaired) electrons. The number of rotatable bonds is 10. The van der Waals surface area contributed by atoms with Gasteiger partial charge in [0.05, 0.1) is 54.3 Å². The van der Waals surface area contributed by atoms with E-state index in [1.54, 1.807) is 56.7 Å². The van der Waals surface area contributed by atoms with E-state index >= 15 is 0 Å². The second-order valence-corrected chi connectivity index (χ2v) is 12.6. The van der Waals surface area contributed by atoms with Crippen molar-refractivity contribution in [3.8, 4) is 17.2 Å². The number of methoxy groups -OCH3 is 1. The number of carbonyl (C=O) groups excluding carboxylic acids is 2. The number of aromatic nitrogens is 2.